The third kappa shape index (κ3) is 4.15. The van der Waals surface area contributed by atoms with Gasteiger partial charge in [0.2, 0.25) is 0 Å². The van der Waals surface area contributed by atoms with Gasteiger partial charge < -0.3 is 5.32 Å². The predicted octanol–water partition coefficient (Wildman–Crippen LogP) is 1.51. The molecular weight excluding hydrogens is 270 g/mol. The molecule has 1 fully saturated rings. The van der Waals surface area contributed by atoms with Crippen LogP contribution in [0.1, 0.15) is 10.4 Å². The van der Waals surface area contributed by atoms with Gasteiger partial charge in [-0.3, -0.25) is 9.69 Å². The smallest absolute Gasteiger partial charge is 0.251 e. The van der Waals surface area contributed by atoms with E-state index in [-0.39, 0.29) is 5.91 Å². The van der Waals surface area contributed by atoms with Crippen molar-refractivity contribution in [3.8, 4) is 0 Å². The number of pyridine rings is 1. The van der Waals surface area contributed by atoms with E-state index in [1.807, 2.05) is 11.8 Å². The maximum atomic E-state index is 11.8. The zero-order chi connectivity index (χ0) is 12.8. The standard InChI is InChI=1S/C12H16ClN3OS/c13-11-9-10(1-2-14-11)12(17)15-3-4-16-5-7-18-8-6-16/h1-2,9H,3-8H2,(H,15,17). The molecule has 1 aliphatic heterocycles. The maximum absolute atomic E-state index is 11.8. The van der Waals surface area contributed by atoms with E-state index in [9.17, 15) is 4.79 Å². The largest absolute Gasteiger partial charge is 0.351 e. The highest BCUT2D eigenvalue weighted by Crippen LogP contribution is 2.08. The molecule has 1 amide bonds. The van der Waals surface area contributed by atoms with Crippen molar-refractivity contribution in [3.63, 3.8) is 0 Å². The van der Waals surface area contributed by atoms with E-state index in [2.05, 4.69) is 15.2 Å². The third-order valence-corrected chi connectivity index (χ3v) is 3.96. The first kappa shape index (κ1) is 13.6. The van der Waals surface area contributed by atoms with Gasteiger partial charge in [0.05, 0.1) is 0 Å². The monoisotopic (exact) mass is 285 g/mol. The van der Waals surface area contributed by atoms with Crippen LogP contribution in [0.25, 0.3) is 0 Å². The molecule has 0 radical (unpaired) electrons. The van der Waals surface area contributed by atoms with E-state index in [0.29, 0.717) is 17.3 Å². The summed E-state index contributed by atoms with van der Waals surface area (Å²) in [7, 11) is 0. The molecule has 1 aromatic rings. The summed E-state index contributed by atoms with van der Waals surface area (Å²) < 4.78 is 0. The molecular formula is C12H16ClN3OS. The van der Waals surface area contributed by atoms with Gasteiger partial charge in [-0.15, -0.1) is 0 Å². The Morgan fingerprint density at radius 1 is 1.50 bits per heavy atom. The fourth-order valence-electron chi connectivity index (χ4n) is 1.80. The van der Waals surface area contributed by atoms with Gasteiger partial charge >= 0.3 is 0 Å². The lowest BCUT2D eigenvalue weighted by atomic mass is 10.2. The summed E-state index contributed by atoms with van der Waals surface area (Å²) in [6, 6.07) is 3.24. The van der Waals surface area contributed by atoms with Crippen molar-refractivity contribution in [2.45, 2.75) is 0 Å². The van der Waals surface area contributed by atoms with Crippen molar-refractivity contribution in [2.24, 2.45) is 0 Å². The molecule has 18 heavy (non-hydrogen) atoms. The summed E-state index contributed by atoms with van der Waals surface area (Å²) in [6.07, 6.45) is 1.54. The molecule has 98 valence electrons. The normalized spacial score (nSPS) is 16.5. The fraction of sp³-hybridized carbons (Fsp3) is 0.500. The van der Waals surface area contributed by atoms with Crippen molar-refractivity contribution in [2.75, 3.05) is 37.7 Å². The van der Waals surface area contributed by atoms with E-state index in [4.69, 9.17) is 11.6 Å². The van der Waals surface area contributed by atoms with E-state index in [1.165, 1.54) is 11.5 Å². The second-order valence-corrected chi connectivity index (χ2v) is 5.69. The fourth-order valence-corrected chi connectivity index (χ4v) is 2.95. The van der Waals surface area contributed by atoms with Gasteiger partial charge in [-0.1, -0.05) is 11.6 Å². The molecule has 0 spiro atoms. The van der Waals surface area contributed by atoms with Gasteiger partial charge in [0.1, 0.15) is 5.15 Å². The minimum atomic E-state index is -0.0920. The molecule has 0 saturated carbocycles. The van der Waals surface area contributed by atoms with E-state index < -0.39 is 0 Å². The van der Waals surface area contributed by atoms with Gasteiger partial charge in [0.25, 0.3) is 5.91 Å². The summed E-state index contributed by atoms with van der Waals surface area (Å²) >= 11 is 7.73. The number of hydrogen-bond acceptors (Lipinski definition) is 4. The Labute approximate surface area is 116 Å². The Hall–Kier alpha value is -0.780. The average Bonchev–Trinajstić information content (AvgIpc) is 2.40. The number of thioether (sulfide) groups is 1. The van der Waals surface area contributed by atoms with Crippen molar-refractivity contribution in [3.05, 3.63) is 29.0 Å². The maximum Gasteiger partial charge on any atom is 0.251 e. The molecule has 1 saturated heterocycles. The Morgan fingerprint density at radius 3 is 3.00 bits per heavy atom. The number of carbonyl (C=O) groups is 1. The van der Waals surface area contributed by atoms with Gasteiger partial charge in [-0.2, -0.15) is 11.8 Å². The highest BCUT2D eigenvalue weighted by atomic mass is 35.5. The lowest BCUT2D eigenvalue weighted by Gasteiger charge is -2.25. The van der Waals surface area contributed by atoms with Crippen molar-refractivity contribution in [1.82, 2.24) is 15.2 Å². The molecule has 1 aromatic heterocycles. The van der Waals surface area contributed by atoms with Gasteiger partial charge in [0.15, 0.2) is 0 Å². The summed E-state index contributed by atoms with van der Waals surface area (Å²) in [6.45, 7) is 3.80. The first-order chi connectivity index (χ1) is 8.75. The molecule has 4 nitrogen and oxygen atoms in total. The topological polar surface area (TPSA) is 45.2 Å². The van der Waals surface area contributed by atoms with Crippen LogP contribution in [0.15, 0.2) is 18.3 Å². The van der Waals surface area contributed by atoms with Crippen LogP contribution in [0.2, 0.25) is 5.15 Å². The second-order valence-electron chi connectivity index (χ2n) is 4.08. The summed E-state index contributed by atoms with van der Waals surface area (Å²) in [5, 5.41) is 3.24. The van der Waals surface area contributed by atoms with Crippen molar-refractivity contribution in [1.29, 1.82) is 0 Å². The molecule has 0 bridgehead atoms. The summed E-state index contributed by atoms with van der Waals surface area (Å²) in [5.74, 6) is 2.28. The zero-order valence-electron chi connectivity index (χ0n) is 10.1. The number of amides is 1. The molecule has 0 aromatic carbocycles. The molecule has 2 heterocycles. The Morgan fingerprint density at radius 2 is 2.28 bits per heavy atom. The zero-order valence-corrected chi connectivity index (χ0v) is 11.6. The number of rotatable bonds is 4. The lowest BCUT2D eigenvalue weighted by molar-refractivity contribution is 0.0949. The van der Waals surface area contributed by atoms with E-state index >= 15 is 0 Å². The highest BCUT2D eigenvalue weighted by Gasteiger charge is 2.11. The van der Waals surface area contributed by atoms with Crippen LogP contribution in [0.4, 0.5) is 0 Å². The Kier molecular flexibility index (Phi) is 5.28. The number of nitrogens with one attached hydrogen (secondary N) is 1. The lowest BCUT2D eigenvalue weighted by Crippen LogP contribution is -2.39. The minimum Gasteiger partial charge on any atom is -0.351 e. The van der Waals surface area contributed by atoms with Crippen LogP contribution in [-0.2, 0) is 0 Å². The predicted molar refractivity (Wildman–Crippen MR) is 75.3 cm³/mol. The second kappa shape index (κ2) is 6.97. The van der Waals surface area contributed by atoms with E-state index in [0.717, 1.165) is 19.6 Å². The number of aromatic nitrogens is 1. The van der Waals surface area contributed by atoms with Gasteiger partial charge in [0, 0.05) is 49.4 Å². The number of carbonyl (C=O) groups excluding carboxylic acids is 1. The number of halogens is 1. The Balaban J connectivity index is 1.74. The SMILES string of the molecule is O=C(NCCN1CCSCC1)c1ccnc(Cl)c1. The van der Waals surface area contributed by atoms with Crippen LogP contribution < -0.4 is 5.32 Å². The van der Waals surface area contributed by atoms with E-state index in [1.54, 1.807) is 18.3 Å². The van der Waals surface area contributed by atoms with Crippen molar-refractivity contribution >= 4 is 29.3 Å². The average molecular weight is 286 g/mol. The van der Waals surface area contributed by atoms with Crippen LogP contribution in [0.3, 0.4) is 0 Å². The van der Waals surface area contributed by atoms with Gasteiger partial charge in [-0.05, 0) is 12.1 Å². The number of hydrogen-bond donors (Lipinski definition) is 1. The molecule has 6 heteroatoms. The third-order valence-electron chi connectivity index (χ3n) is 2.81. The van der Waals surface area contributed by atoms with Crippen LogP contribution in [0.5, 0.6) is 0 Å². The first-order valence-corrected chi connectivity index (χ1v) is 7.49. The molecule has 1 N–H and O–H groups in total. The minimum absolute atomic E-state index is 0.0920. The first-order valence-electron chi connectivity index (χ1n) is 5.95. The summed E-state index contributed by atoms with van der Waals surface area (Å²) in [5.41, 5.74) is 0.559. The van der Waals surface area contributed by atoms with Crippen LogP contribution in [-0.4, -0.2) is 53.5 Å². The van der Waals surface area contributed by atoms with Crippen LogP contribution in [0, 0.1) is 0 Å². The van der Waals surface area contributed by atoms with Crippen LogP contribution >= 0.6 is 23.4 Å². The molecule has 2 rings (SSSR count). The molecule has 0 unspecified atom stereocenters. The summed E-state index contributed by atoms with van der Waals surface area (Å²) in [4.78, 5) is 18.0. The Bertz CT molecular complexity index is 410. The van der Waals surface area contributed by atoms with Crippen molar-refractivity contribution < 1.29 is 4.79 Å². The molecule has 1 aliphatic rings. The quantitative estimate of drug-likeness (QED) is 0.852. The van der Waals surface area contributed by atoms with Gasteiger partial charge in [-0.25, -0.2) is 4.98 Å². The highest BCUT2D eigenvalue weighted by molar-refractivity contribution is 7.99. The molecule has 0 atom stereocenters. The molecule has 0 aliphatic carbocycles. The number of nitrogens with zero attached hydrogens (tertiary/aromatic N) is 2.